The summed E-state index contributed by atoms with van der Waals surface area (Å²) >= 11 is 0. The summed E-state index contributed by atoms with van der Waals surface area (Å²) < 4.78 is 13.6. The zero-order chi connectivity index (χ0) is 24.6. The van der Waals surface area contributed by atoms with Gasteiger partial charge in [-0.2, -0.15) is 0 Å². The third-order valence-corrected chi connectivity index (χ3v) is 8.36. The van der Waals surface area contributed by atoms with Gasteiger partial charge in [-0.1, -0.05) is 6.92 Å². The molecule has 7 rings (SSSR count). The van der Waals surface area contributed by atoms with Crippen LogP contribution in [-0.2, 0) is 24.3 Å². The summed E-state index contributed by atoms with van der Waals surface area (Å²) in [5, 5.41) is 1.06. The highest BCUT2D eigenvalue weighted by Crippen LogP contribution is 2.42. The van der Waals surface area contributed by atoms with Crippen LogP contribution in [0.3, 0.4) is 0 Å². The minimum Gasteiger partial charge on any atom is -0.486 e. The van der Waals surface area contributed by atoms with Crippen molar-refractivity contribution in [3.63, 3.8) is 0 Å². The minimum absolute atomic E-state index is 0.0367. The maximum Gasteiger partial charge on any atom is 0.255 e. The molecule has 1 saturated heterocycles. The second-order valence-electron chi connectivity index (χ2n) is 10.5. The van der Waals surface area contributed by atoms with Crippen LogP contribution in [0, 0.1) is 0 Å². The summed E-state index contributed by atoms with van der Waals surface area (Å²) in [5.41, 5.74) is 6.40. The summed E-state index contributed by atoms with van der Waals surface area (Å²) in [6.45, 7) is 8.44. The molecule has 1 unspecified atom stereocenters. The van der Waals surface area contributed by atoms with Gasteiger partial charge in [-0.15, -0.1) is 0 Å². The van der Waals surface area contributed by atoms with E-state index < -0.39 is 0 Å². The van der Waals surface area contributed by atoms with Crippen LogP contribution < -0.4 is 15.0 Å². The van der Waals surface area contributed by atoms with E-state index in [2.05, 4.69) is 29.0 Å². The lowest BCUT2D eigenvalue weighted by molar-refractivity contribution is -0.119. The van der Waals surface area contributed by atoms with Gasteiger partial charge in [0.1, 0.15) is 19.0 Å². The Hall–Kier alpha value is -3.23. The predicted octanol–water partition coefficient (Wildman–Crippen LogP) is 2.56. The Kier molecular flexibility index (Phi) is 4.98. The number of piperazine rings is 1. The van der Waals surface area contributed by atoms with Gasteiger partial charge in [-0.3, -0.25) is 14.5 Å². The van der Waals surface area contributed by atoms with Gasteiger partial charge >= 0.3 is 0 Å². The number of Topliss-reactive ketones (excluding diaryl/α,β-unsaturated/α-hetero) is 1. The molecule has 1 aliphatic carbocycles. The van der Waals surface area contributed by atoms with E-state index in [4.69, 9.17) is 14.5 Å². The standard InChI is InChI=1S/C28H30N4O4/c1-3-16-17-10-23-27-21(15-32(23)28(34)19(17)11-24(16)33)20(14-31-6-4-30(2)5-7-31)18-12-25-26(13-22(18)29-27)36-9-8-35-25/h10,12-13,16H,3-9,11,14-15H2,1-2H3. The number of aromatic nitrogens is 2. The van der Waals surface area contributed by atoms with Crippen molar-refractivity contribution in [2.24, 2.45) is 0 Å². The van der Waals surface area contributed by atoms with E-state index in [1.54, 1.807) is 0 Å². The summed E-state index contributed by atoms with van der Waals surface area (Å²) in [7, 11) is 2.16. The van der Waals surface area contributed by atoms with E-state index >= 15 is 0 Å². The van der Waals surface area contributed by atoms with Gasteiger partial charge in [0.05, 0.1) is 23.4 Å². The number of hydrogen-bond acceptors (Lipinski definition) is 7. The number of ether oxygens (including phenoxy) is 2. The van der Waals surface area contributed by atoms with Crippen LogP contribution in [-0.4, -0.2) is 71.6 Å². The molecule has 3 aromatic rings. The zero-order valence-corrected chi connectivity index (χ0v) is 20.8. The van der Waals surface area contributed by atoms with Gasteiger partial charge in [-0.25, -0.2) is 4.98 Å². The SMILES string of the molecule is CCC1C(=O)Cc2c1cc1n(c2=O)Cc2c-1nc1cc3c(cc1c2CN1CCN(C)CC1)OCCO3. The minimum atomic E-state index is -0.189. The number of hydrogen-bond donors (Lipinski definition) is 0. The molecule has 1 aromatic carbocycles. The van der Waals surface area contributed by atoms with Crippen molar-refractivity contribution in [1.82, 2.24) is 19.4 Å². The van der Waals surface area contributed by atoms with Gasteiger partial charge in [0.2, 0.25) is 0 Å². The third-order valence-electron chi connectivity index (χ3n) is 8.36. The highest BCUT2D eigenvalue weighted by atomic mass is 16.6. The molecule has 1 atom stereocenters. The Morgan fingerprint density at radius 1 is 1.00 bits per heavy atom. The molecule has 0 bridgehead atoms. The molecular formula is C28H30N4O4. The van der Waals surface area contributed by atoms with Crippen molar-refractivity contribution in [3.8, 4) is 22.9 Å². The normalized spacial score (nSPS) is 21.1. The highest BCUT2D eigenvalue weighted by molar-refractivity contribution is 5.94. The van der Waals surface area contributed by atoms with Crippen molar-refractivity contribution in [1.29, 1.82) is 0 Å². The lowest BCUT2D eigenvalue weighted by atomic mass is 9.96. The van der Waals surface area contributed by atoms with E-state index in [-0.39, 0.29) is 23.7 Å². The van der Waals surface area contributed by atoms with Crippen molar-refractivity contribution in [3.05, 3.63) is 50.8 Å². The van der Waals surface area contributed by atoms with Crippen LogP contribution in [0.4, 0.5) is 0 Å². The predicted molar refractivity (Wildman–Crippen MR) is 136 cm³/mol. The molecule has 36 heavy (non-hydrogen) atoms. The molecule has 0 spiro atoms. The van der Waals surface area contributed by atoms with Crippen molar-refractivity contribution >= 4 is 16.7 Å². The Balaban J connectivity index is 1.43. The Morgan fingerprint density at radius 3 is 2.50 bits per heavy atom. The topological polar surface area (TPSA) is 76.9 Å². The fraction of sp³-hybridized carbons (Fsp3) is 0.464. The van der Waals surface area contributed by atoms with Crippen LogP contribution in [0.2, 0.25) is 0 Å². The molecule has 186 valence electrons. The number of ketones is 1. The molecule has 8 heteroatoms. The summed E-state index contributed by atoms with van der Waals surface area (Å²) in [5.74, 6) is 1.43. The molecule has 0 amide bonds. The number of pyridine rings is 2. The quantitative estimate of drug-likeness (QED) is 0.441. The number of likely N-dealkylation sites (N-methyl/N-ethyl adjacent to an activating group) is 1. The molecule has 3 aliphatic heterocycles. The monoisotopic (exact) mass is 486 g/mol. The Morgan fingerprint density at radius 2 is 1.75 bits per heavy atom. The lowest BCUT2D eigenvalue weighted by Crippen LogP contribution is -2.44. The molecule has 1 fully saturated rings. The molecule has 4 aliphatic rings. The van der Waals surface area contributed by atoms with Gasteiger partial charge in [-0.05, 0) is 36.7 Å². The average molecular weight is 487 g/mol. The Bertz CT molecular complexity index is 1490. The number of fused-ring (bicyclic) bond motifs is 6. The molecular weight excluding hydrogens is 456 g/mol. The van der Waals surface area contributed by atoms with Gasteiger partial charge < -0.3 is 18.9 Å². The maximum absolute atomic E-state index is 13.6. The number of carbonyl (C=O) groups is 1. The number of carbonyl (C=O) groups excluding carboxylic acids is 1. The fourth-order valence-corrected chi connectivity index (χ4v) is 6.32. The maximum atomic E-state index is 13.6. The molecule has 0 saturated carbocycles. The molecule has 0 N–H and O–H groups in total. The van der Waals surface area contributed by atoms with Gasteiger partial charge in [0.25, 0.3) is 5.56 Å². The zero-order valence-electron chi connectivity index (χ0n) is 20.8. The van der Waals surface area contributed by atoms with E-state index in [9.17, 15) is 9.59 Å². The largest absolute Gasteiger partial charge is 0.486 e. The highest BCUT2D eigenvalue weighted by Gasteiger charge is 2.36. The van der Waals surface area contributed by atoms with Crippen LogP contribution >= 0.6 is 0 Å². The van der Waals surface area contributed by atoms with E-state index in [0.717, 1.165) is 71.9 Å². The second kappa shape index (κ2) is 8.15. The summed E-state index contributed by atoms with van der Waals surface area (Å²) in [6.07, 6.45) is 0.957. The smallest absolute Gasteiger partial charge is 0.255 e. The first-order valence-electron chi connectivity index (χ1n) is 13.0. The third kappa shape index (κ3) is 3.24. The molecule has 0 radical (unpaired) electrons. The van der Waals surface area contributed by atoms with E-state index in [1.165, 1.54) is 5.56 Å². The molecule has 5 heterocycles. The number of rotatable bonds is 3. The summed E-state index contributed by atoms with van der Waals surface area (Å²) in [6, 6.07) is 6.11. The number of benzene rings is 1. The number of nitrogens with zero attached hydrogens (tertiary/aromatic N) is 4. The van der Waals surface area contributed by atoms with Crippen molar-refractivity contribution in [2.75, 3.05) is 46.4 Å². The van der Waals surface area contributed by atoms with Crippen LogP contribution in [0.5, 0.6) is 11.5 Å². The van der Waals surface area contributed by atoms with E-state index in [1.807, 2.05) is 17.6 Å². The first kappa shape index (κ1) is 22.0. The molecule has 2 aromatic heterocycles. The first-order chi connectivity index (χ1) is 17.5. The molecule has 8 nitrogen and oxygen atoms in total. The average Bonchev–Trinajstić information content (AvgIpc) is 3.41. The van der Waals surface area contributed by atoms with Crippen LogP contribution in [0.1, 0.15) is 41.5 Å². The van der Waals surface area contributed by atoms with E-state index in [0.29, 0.717) is 37.5 Å². The second-order valence-corrected chi connectivity index (χ2v) is 10.5. The van der Waals surface area contributed by atoms with Crippen molar-refractivity contribution < 1.29 is 14.3 Å². The fourth-order valence-electron chi connectivity index (χ4n) is 6.32. The van der Waals surface area contributed by atoms with Crippen LogP contribution in [0.15, 0.2) is 23.0 Å². The van der Waals surface area contributed by atoms with Gasteiger partial charge in [0, 0.05) is 67.6 Å². The lowest BCUT2D eigenvalue weighted by Gasteiger charge is -2.33. The summed E-state index contributed by atoms with van der Waals surface area (Å²) in [4.78, 5) is 36.1. The Labute approximate surface area is 209 Å². The van der Waals surface area contributed by atoms with Gasteiger partial charge in [0.15, 0.2) is 11.5 Å². The first-order valence-corrected chi connectivity index (χ1v) is 13.0. The van der Waals surface area contributed by atoms with Crippen LogP contribution in [0.25, 0.3) is 22.3 Å². The van der Waals surface area contributed by atoms with Crippen molar-refractivity contribution in [2.45, 2.75) is 38.8 Å².